The predicted molar refractivity (Wildman–Crippen MR) is 135 cm³/mol. The number of carbonyl (C=O) groups is 1. The molecule has 8 heteroatoms. The maximum Gasteiger partial charge on any atom is 0.219 e. The van der Waals surface area contributed by atoms with Crippen molar-refractivity contribution in [1.82, 2.24) is 14.5 Å². The quantitative estimate of drug-likeness (QED) is 0.530. The Labute approximate surface area is 207 Å². The van der Waals surface area contributed by atoms with Crippen molar-refractivity contribution in [2.45, 2.75) is 69.2 Å². The van der Waals surface area contributed by atoms with E-state index in [1.165, 1.54) is 0 Å². The molecule has 0 saturated carbocycles. The largest absolute Gasteiger partial charge is 0.343 e. The molecule has 0 unspecified atom stereocenters. The Balaban J connectivity index is 1.74. The highest BCUT2D eigenvalue weighted by molar-refractivity contribution is 7.91. The Morgan fingerprint density at radius 1 is 1.17 bits per heavy atom. The van der Waals surface area contributed by atoms with Crippen LogP contribution in [0.2, 0.25) is 0 Å². The first-order valence-corrected chi connectivity index (χ1v) is 13.4. The van der Waals surface area contributed by atoms with Crippen molar-refractivity contribution >= 4 is 26.8 Å². The first kappa shape index (κ1) is 24.9. The summed E-state index contributed by atoms with van der Waals surface area (Å²) in [6.45, 7) is 11.9. The molecule has 0 aliphatic carbocycles. The van der Waals surface area contributed by atoms with Gasteiger partial charge in [0.15, 0.2) is 0 Å². The Kier molecular flexibility index (Phi) is 6.50. The van der Waals surface area contributed by atoms with E-state index in [1.807, 2.05) is 11.0 Å². The normalized spacial score (nSPS) is 15.4. The van der Waals surface area contributed by atoms with Crippen LogP contribution in [0.15, 0.2) is 46.2 Å². The number of benzene rings is 2. The molecule has 2 heterocycles. The van der Waals surface area contributed by atoms with E-state index >= 15 is 0 Å². The van der Waals surface area contributed by atoms with Crippen LogP contribution in [0.3, 0.4) is 0 Å². The van der Waals surface area contributed by atoms with E-state index in [-0.39, 0.29) is 21.1 Å². The summed E-state index contributed by atoms with van der Waals surface area (Å²) in [5, 5.41) is 9.33. The van der Waals surface area contributed by atoms with E-state index in [4.69, 9.17) is 4.98 Å². The van der Waals surface area contributed by atoms with Gasteiger partial charge in [0.2, 0.25) is 15.7 Å². The van der Waals surface area contributed by atoms with Crippen LogP contribution in [-0.2, 0) is 26.6 Å². The van der Waals surface area contributed by atoms with Crippen LogP contribution >= 0.6 is 0 Å². The fourth-order valence-electron chi connectivity index (χ4n) is 4.88. The van der Waals surface area contributed by atoms with E-state index in [1.54, 1.807) is 44.2 Å². The fourth-order valence-corrected chi connectivity index (χ4v) is 6.42. The highest BCUT2D eigenvalue weighted by Crippen LogP contribution is 2.32. The molecular weight excluding hydrogens is 460 g/mol. The lowest BCUT2D eigenvalue weighted by Gasteiger charge is -2.32. The molecule has 1 aromatic heterocycles. The summed E-state index contributed by atoms with van der Waals surface area (Å²) in [5.41, 5.74) is 2.13. The van der Waals surface area contributed by atoms with Crippen molar-refractivity contribution in [2.24, 2.45) is 5.92 Å². The van der Waals surface area contributed by atoms with Crippen molar-refractivity contribution in [2.75, 3.05) is 13.1 Å². The van der Waals surface area contributed by atoms with E-state index in [9.17, 15) is 18.5 Å². The second kappa shape index (κ2) is 9.12. The minimum atomic E-state index is -3.81. The lowest BCUT2D eigenvalue weighted by atomic mass is 9.93. The van der Waals surface area contributed by atoms with E-state index in [0.717, 1.165) is 43.8 Å². The summed E-state index contributed by atoms with van der Waals surface area (Å²) < 4.78 is 29.2. The van der Waals surface area contributed by atoms with E-state index in [2.05, 4.69) is 31.4 Å². The lowest BCUT2D eigenvalue weighted by molar-refractivity contribution is -0.130. The molecule has 0 N–H and O–H groups in total. The molecule has 1 aliphatic heterocycles. The summed E-state index contributed by atoms with van der Waals surface area (Å²) in [7, 11) is -3.81. The van der Waals surface area contributed by atoms with Crippen molar-refractivity contribution in [3.8, 4) is 6.07 Å². The molecular formula is C27H32N4O3S. The SMILES string of the molecule is CC(=O)N1CCC(Cn2c(C(C)(C)C)nc3cc(S(=O)(=O)c4cccc(C#N)c4C)ccc32)CC1. The minimum absolute atomic E-state index is 0.121. The number of hydrogen-bond donors (Lipinski definition) is 0. The Morgan fingerprint density at radius 3 is 2.46 bits per heavy atom. The molecule has 1 aliphatic rings. The Bertz CT molecular complexity index is 1430. The van der Waals surface area contributed by atoms with Crippen LogP contribution in [0.4, 0.5) is 0 Å². The van der Waals surface area contributed by atoms with E-state index < -0.39 is 9.84 Å². The summed E-state index contributed by atoms with van der Waals surface area (Å²) in [6, 6.07) is 12.0. The number of hydrogen-bond acceptors (Lipinski definition) is 5. The number of likely N-dealkylation sites (tertiary alicyclic amines) is 1. The van der Waals surface area contributed by atoms with Crippen molar-refractivity contribution in [3.63, 3.8) is 0 Å². The summed E-state index contributed by atoms with van der Waals surface area (Å²) in [5.74, 6) is 1.46. The zero-order valence-electron chi connectivity index (χ0n) is 21.0. The summed E-state index contributed by atoms with van der Waals surface area (Å²) >= 11 is 0. The van der Waals surface area contributed by atoms with Gasteiger partial charge in [0.05, 0.1) is 32.5 Å². The fraction of sp³-hybridized carbons (Fsp3) is 0.444. The van der Waals surface area contributed by atoms with Gasteiger partial charge in [-0.15, -0.1) is 0 Å². The zero-order valence-corrected chi connectivity index (χ0v) is 21.8. The van der Waals surface area contributed by atoms with E-state index in [0.29, 0.717) is 22.6 Å². The molecule has 35 heavy (non-hydrogen) atoms. The van der Waals surface area contributed by atoms with Crippen LogP contribution in [-0.4, -0.2) is 41.9 Å². The molecule has 3 aromatic rings. The van der Waals surface area contributed by atoms with Gasteiger partial charge in [0, 0.05) is 32.0 Å². The molecule has 1 fully saturated rings. The first-order chi connectivity index (χ1) is 16.4. The number of rotatable bonds is 4. The number of sulfone groups is 1. The van der Waals surface area contributed by atoms with Gasteiger partial charge in [-0.25, -0.2) is 13.4 Å². The third kappa shape index (κ3) is 4.70. The highest BCUT2D eigenvalue weighted by atomic mass is 32.2. The number of nitriles is 1. The molecule has 1 saturated heterocycles. The van der Waals surface area contributed by atoms with Crippen LogP contribution in [0.25, 0.3) is 11.0 Å². The number of piperidine rings is 1. The third-order valence-corrected chi connectivity index (χ3v) is 8.79. The van der Waals surface area contributed by atoms with Gasteiger partial charge in [-0.05, 0) is 61.6 Å². The number of carbonyl (C=O) groups excluding carboxylic acids is 1. The number of aromatic nitrogens is 2. The zero-order chi connectivity index (χ0) is 25.5. The van der Waals surface area contributed by atoms with Gasteiger partial charge in [-0.2, -0.15) is 5.26 Å². The lowest BCUT2D eigenvalue weighted by Crippen LogP contribution is -2.38. The van der Waals surface area contributed by atoms with Crippen LogP contribution in [0, 0.1) is 24.2 Å². The molecule has 184 valence electrons. The van der Waals surface area contributed by atoms with Gasteiger partial charge < -0.3 is 9.47 Å². The second-order valence-corrected chi connectivity index (χ2v) is 12.4. The van der Waals surface area contributed by atoms with Crippen molar-refractivity contribution in [1.29, 1.82) is 5.26 Å². The molecule has 2 aromatic carbocycles. The molecule has 0 atom stereocenters. The van der Waals surface area contributed by atoms with Gasteiger partial charge in [-0.3, -0.25) is 4.79 Å². The average molecular weight is 493 g/mol. The number of fused-ring (bicyclic) bond motifs is 1. The van der Waals surface area contributed by atoms with Gasteiger partial charge in [0.1, 0.15) is 5.82 Å². The highest BCUT2D eigenvalue weighted by Gasteiger charge is 2.28. The predicted octanol–water partition coefficient (Wildman–Crippen LogP) is 4.61. The van der Waals surface area contributed by atoms with Crippen LogP contribution < -0.4 is 0 Å². The van der Waals surface area contributed by atoms with Gasteiger partial charge >= 0.3 is 0 Å². The first-order valence-electron chi connectivity index (χ1n) is 11.9. The second-order valence-electron chi connectivity index (χ2n) is 10.4. The van der Waals surface area contributed by atoms with Crippen molar-refractivity contribution in [3.05, 3.63) is 53.3 Å². The standard InChI is InChI=1S/C27H32N4O3S/c1-18-21(16-28)7-6-8-25(18)35(33,34)22-9-10-24-23(15-22)29-26(27(3,4)5)31(24)17-20-11-13-30(14-12-20)19(2)32/h6-10,15,20H,11-14,17H2,1-5H3. The van der Waals surface area contributed by atoms with Crippen LogP contribution in [0.1, 0.15) is 57.5 Å². The molecule has 0 bridgehead atoms. The number of nitrogens with zero attached hydrogens (tertiary/aromatic N) is 4. The maximum absolute atomic E-state index is 13.5. The third-order valence-electron chi connectivity index (χ3n) is 6.90. The molecule has 0 radical (unpaired) electrons. The average Bonchev–Trinajstić information content (AvgIpc) is 3.17. The number of imidazole rings is 1. The topological polar surface area (TPSA) is 96.1 Å². The molecule has 1 amide bonds. The smallest absolute Gasteiger partial charge is 0.219 e. The molecule has 7 nitrogen and oxygen atoms in total. The molecule has 0 spiro atoms. The monoisotopic (exact) mass is 492 g/mol. The minimum Gasteiger partial charge on any atom is -0.343 e. The van der Waals surface area contributed by atoms with Gasteiger partial charge in [0.25, 0.3) is 0 Å². The summed E-state index contributed by atoms with van der Waals surface area (Å²) in [6.07, 6.45) is 1.87. The maximum atomic E-state index is 13.5. The Hall–Kier alpha value is -3.18. The van der Waals surface area contributed by atoms with Crippen LogP contribution in [0.5, 0.6) is 0 Å². The van der Waals surface area contributed by atoms with Gasteiger partial charge in [-0.1, -0.05) is 26.8 Å². The Morgan fingerprint density at radius 2 is 1.86 bits per heavy atom. The molecule has 4 rings (SSSR count). The van der Waals surface area contributed by atoms with Crippen molar-refractivity contribution < 1.29 is 13.2 Å². The number of amides is 1. The summed E-state index contributed by atoms with van der Waals surface area (Å²) in [4.78, 5) is 18.8.